The molecule has 1 unspecified atom stereocenters. The lowest BCUT2D eigenvalue weighted by atomic mass is 10.1. The molecule has 1 aliphatic heterocycles. The molecule has 2 aliphatic rings. The van der Waals surface area contributed by atoms with Crippen molar-refractivity contribution in [2.45, 2.75) is 45.3 Å². The largest absolute Gasteiger partial charge is 0.497 e. The monoisotopic (exact) mass is 399 g/mol. The number of fused-ring (bicyclic) bond motifs is 1. The summed E-state index contributed by atoms with van der Waals surface area (Å²) in [6.45, 7) is 5.38. The van der Waals surface area contributed by atoms with E-state index in [9.17, 15) is 4.79 Å². The molecular formula is C21H29N5O3. The van der Waals surface area contributed by atoms with Crippen molar-refractivity contribution in [1.29, 1.82) is 0 Å². The van der Waals surface area contributed by atoms with Crippen molar-refractivity contribution in [1.82, 2.24) is 25.0 Å². The van der Waals surface area contributed by atoms with Crippen LogP contribution in [0.4, 0.5) is 0 Å². The van der Waals surface area contributed by atoms with E-state index in [2.05, 4.69) is 31.0 Å². The lowest BCUT2D eigenvalue weighted by Crippen LogP contribution is -2.31. The van der Waals surface area contributed by atoms with E-state index in [4.69, 9.17) is 9.47 Å². The van der Waals surface area contributed by atoms with Gasteiger partial charge in [-0.1, -0.05) is 6.07 Å². The number of carbonyl (C=O) groups excluding carboxylic acids is 1. The van der Waals surface area contributed by atoms with Gasteiger partial charge in [-0.15, -0.1) is 10.2 Å². The summed E-state index contributed by atoms with van der Waals surface area (Å²) in [6, 6.07) is 5.82. The Balaban J connectivity index is 1.42. The van der Waals surface area contributed by atoms with Gasteiger partial charge in [0.2, 0.25) is 5.91 Å². The normalized spacial score (nSPS) is 17.9. The van der Waals surface area contributed by atoms with E-state index >= 15 is 0 Å². The summed E-state index contributed by atoms with van der Waals surface area (Å²) in [7, 11) is 3.34. The van der Waals surface area contributed by atoms with Crippen LogP contribution in [-0.2, 0) is 24.3 Å². The number of hydrogen-bond acceptors (Lipinski definition) is 6. The third-order valence-electron chi connectivity index (χ3n) is 5.73. The molecule has 2 heterocycles. The highest BCUT2D eigenvalue weighted by molar-refractivity contribution is 5.81. The Hall–Kier alpha value is -2.61. The van der Waals surface area contributed by atoms with Gasteiger partial charge in [0.15, 0.2) is 5.82 Å². The van der Waals surface area contributed by atoms with Crippen molar-refractivity contribution >= 4 is 5.91 Å². The predicted octanol–water partition coefficient (Wildman–Crippen LogP) is 1.94. The van der Waals surface area contributed by atoms with Crippen molar-refractivity contribution < 1.29 is 14.3 Å². The van der Waals surface area contributed by atoms with Crippen LogP contribution in [0.15, 0.2) is 18.2 Å². The van der Waals surface area contributed by atoms with Gasteiger partial charge in [-0.2, -0.15) is 0 Å². The van der Waals surface area contributed by atoms with Crippen LogP contribution in [0, 0.1) is 5.92 Å². The summed E-state index contributed by atoms with van der Waals surface area (Å²) in [5.74, 6) is 3.79. The maximum absolute atomic E-state index is 12.1. The molecule has 156 valence electrons. The minimum absolute atomic E-state index is 0.127. The van der Waals surface area contributed by atoms with E-state index in [0.29, 0.717) is 0 Å². The van der Waals surface area contributed by atoms with E-state index in [1.54, 1.807) is 14.2 Å². The van der Waals surface area contributed by atoms with Crippen molar-refractivity contribution in [3.8, 4) is 11.5 Å². The van der Waals surface area contributed by atoms with Crippen LogP contribution < -0.4 is 14.8 Å². The smallest absolute Gasteiger partial charge is 0.223 e. The topological polar surface area (TPSA) is 81.5 Å². The number of benzene rings is 1. The van der Waals surface area contributed by atoms with Crippen LogP contribution in [0.2, 0.25) is 0 Å². The first-order chi connectivity index (χ1) is 14.1. The van der Waals surface area contributed by atoms with Gasteiger partial charge in [-0.05, 0) is 25.8 Å². The van der Waals surface area contributed by atoms with Crippen molar-refractivity contribution in [2.75, 3.05) is 27.3 Å². The second-order valence-electron chi connectivity index (χ2n) is 7.83. The van der Waals surface area contributed by atoms with Crippen molar-refractivity contribution in [3.05, 3.63) is 35.4 Å². The zero-order valence-corrected chi connectivity index (χ0v) is 17.4. The van der Waals surface area contributed by atoms with Crippen LogP contribution in [0.1, 0.15) is 43.0 Å². The Labute approximate surface area is 171 Å². The maximum atomic E-state index is 12.1. The predicted molar refractivity (Wildman–Crippen MR) is 108 cm³/mol. The molecule has 1 aromatic heterocycles. The summed E-state index contributed by atoms with van der Waals surface area (Å²) in [5, 5.41) is 11.9. The van der Waals surface area contributed by atoms with Crippen LogP contribution in [0.25, 0.3) is 0 Å². The first kappa shape index (κ1) is 19.7. The molecule has 1 saturated carbocycles. The van der Waals surface area contributed by atoms with E-state index < -0.39 is 0 Å². The molecule has 0 spiro atoms. The van der Waals surface area contributed by atoms with Crippen LogP contribution >= 0.6 is 0 Å². The maximum Gasteiger partial charge on any atom is 0.223 e. The summed E-state index contributed by atoms with van der Waals surface area (Å²) in [4.78, 5) is 14.5. The molecule has 1 aliphatic carbocycles. The third-order valence-corrected chi connectivity index (χ3v) is 5.73. The molecule has 8 heteroatoms. The van der Waals surface area contributed by atoms with Gasteiger partial charge in [0, 0.05) is 50.1 Å². The molecule has 1 aromatic carbocycles. The number of methoxy groups -OCH3 is 2. The Morgan fingerprint density at radius 1 is 1.21 bits per heavy atom. The molecule has 0 radical (unpaired) electrons. The number of nitrogens with one attached hydrogen (secondary N) is 1. The van der Waals surface area contributed by atoms with E-state index in [1.165, 1.54) is 0 Å². The SMILES string of the molecule is COc1ccc(CN2CCc3nnc(C(C)NC(=O)C4CC4)n3CC2)c(OC)c1. The molecule has 1 amide bonds. The van der Waals surface area contributed by atoms with Gasteiger partial charge in [-0.3, -0.25) is 9.69 Å². The van der Waals surface area contributed by atoms with Crippen molar-refractivity contribution in [3.63, 3.8) is 0 Å². The summed E-state index contributed by atoms with van der Waals surface area (Å²) in [6.07, 6.45) is 2.83. The fraction of sp³-hybridized carbons (Fsp3) is 0.571. The fourth-order valence-corrected chi connectivity index (χ4v) is 3.83. The quantitative estimate of drug-likeness (QED) is 0.766. The van der Waals surface area contributed by atoms with Crippen molar-refractivity contribution in [2.24, 2.45) is 5.92 Å². The number of nitrogens with zero attached hydrogens (tertiary/aromatic N) is 4. The van der Waals surface area contributed by atoms with Gasteiger partial charge in [0.05, 0.1) is 20.3 Å². The minimum Gasteiger partial charge on any atom is -0.497 e. The van der Waals surface area contributed by atoms with Gasteiger partial charge in [-0.25, -0.2) is 0 Å². The molecule has 8 nitrogen and oxygen atoms in total. The molecule has 4 rings (SSSR count). The number of carbonyl (C=O) groups is 1. The van der Waals surface area contributed by atoms with E-state index in [-0.39, 0.29) is 17.9 Å². The lowest BCUT2D eigenvalue weighted by Gasteiger charge is -2.21. The number of aromatic nitrogens is 3. The number of amides is 1. The molecule has 0 saturated heterocycles. The summed E-state index contributed by atoms with van der Waals surface area (Å²) < 4.78 is 13.0. The number of rotatable bonds is 7. The third kappa shape index (κ3) is 4.37. The van der Waals surface area contributed by atoms with Crippen LogP contribution in [-0.4, -0.2) is 52.9 Å². The Bertz CT molecular complexity index is 877. The number of hydrogen-bond donors (Lipinski definition) is 1. The molecular weight excluding hydrogens is 370 g/mol. The molecule has 2 aromatic rings. The first-order valence-corrected chi connectivity index (χ1v) is 10.2. The van der Waals surface area contributed by atoms with E-state index in [1.807, 2.05) is 19.1 Å². The molecule has 1 atom stereocenters. The van der Waals surface area contributed by atoms with Crippen LogP contribution in [0.3, 0.4) is 0 Å². The summed E-state index contributed by atoms with van der Waals surface area (Å²) in [5.41, 5.74) is 1.14. The Morgan fingerprint density at radius 3 is 2.76 bits per heavy atom. The molecule has 1 N–H and O–H groups in total. The Kier molecular flexibility index (Phi) is 5.71. The number of ether oxygens (including phenoxy) is 2. The highest BCUT2D eigenvalue weighted by atomic mass is 16.5. The molecule has 1 fully saturated rings. The minimum atomic E-state index is -0.127. The van der Waals surface area contributed by atoms with Gasteiger partial charge in [0.1, 0.15) is 17.3 Å². The molecule has 0 bridgehead atoms. The second kappa shape index (κ2) is 8.41. The van der Waals surface area contributed by atoms with Gasteiger partial charge >= 0.3 is 0 Å². The fourth-order valence-electron chi connectivity index (χ4n) is 3.83. The first-order valence-electron chi connectivity index (χ1n) is 10.2. The van der Waals surface area contributed by atoms with Gasteiger partial charge in [0.25, 0.3) is 0 Å². The highest BCUT2D eigenvalue weighted by Crippen LogP contribution is 2.30. The average molecular weight is 399 g/mol. The zero-order valence-electron chi connectivity index (χ0n) is 17.4. The standard InChI is InChI=1S/C21H29N5O3/c1-14(22-21(27)15-4-5-15)20-24-23-19-8-9-25(10-11-26(19)20)13-16-6-7-17(28-2)12-18(16)29-3/h6-7,12,14-15H,4-5,8-11,13H2,1-3H3,(H,22,27). The average Bonchev–Trinajstić information content (AvgIpc) is 3.53. The molecule has 29 heavy (non-hydrogen) atoms. The lowest BCUT2D eigenvalue weighted by molar-refractivity contribution is -0.123. The Morgan fingerprint density at radius 2 is 2.03 bits per heavy atom. The van der Waals surface area contributed by atoms with Crippen LogP contribution in [0.5, 0.6) is 11.5 Å². The van der Waals surface area contributed by atoms with E-state index in [0.717, 1.165) is 74.2 Å². The van der Waals surface area contributed by atoms with Gasteiger partial charge < -0.3 is 19.4 Å². The highest BCUT2D eigenvalue weighted by Gasteiger charge is 2.31. The second-order valence-corrected chi connectivity index (χ2v) is 7.83. The zero-order chi connectivity index (χ0) is 20.4. The summed E-state index contributed by atoms with van der Waals surface area (Å²) >= 11 is 0.